The van der Waals surface area contributed by atoms with Crippen LogP contribution in [0.2, 0.25) is 5.02 Å². The van der Waals surface area contributed by atoms with Crippen LogP contribution in [0.25, 0.3) is 0 Å². The summed E-state index contributed by atoms with van der Waals surface area (Å²) in [7, 11) is 0. The van der Waals surface area contributed by atoms with Crippen molar-refractivity contribution < 1.29 is 14.6 Å². The number of nitrogens with two attached hydrogens (primary N) is 1. The lowest BCUT2D eigenvalue weighted by Gasteiger charge is -2.23. The summed E-state index contributed by atoms with van der Waals surface area (Å²) in [6.07, 6.45) is 1.64. The lowest BCUT2D eigenvalue weighted by molar-refractivity contribution is 0.0911. The predicted molar refractivity (Wildman–Crippen MR) is 104 cm³/mol. The largest absolute Gasteiger partial charge is 0.493 e. The van der Waals surface area contributed by atoms with Gasteiger partial charge < -0.3 is 31.5 Å². The number of halogens is 1. The van der Waals surface area contributed by atoms with Crippen molar-refractivity contribution in [3.63, 3.8) is 0 Å². The van der Waals surface area contributed by atoms with E-state index in [1.165, 1.54) is 12.1 Å². The molecule has 1 heterocycles. The van der Waals surface area contributed by atoms with Gasteiger partial charge in [-0.2, -0.15) is 0 Å². The molecule has 0 spiro atoms. The normalized spacial score (nSPS) is 16.3. The Balaban J connectivity index is 1.79. The third-order valence-electron chi connectivity index (χ3n) is 4.41. The summed E-state index contributed by atoms with van der Waals surface area (Å²) < 4.78 is 5.45. The molecular weight excluding hydrogens is 356 g/mol. The van der Waals surface area contributed by atoms with E-state index in [-0.39, 0.29) is 12.5 Å². The third-order valence-corrected chi connectivity index (χ3v) is 4.74. The molecule has 0 aromatic heterocycles. The highest BCUT2D eigenvalue weighted by Crippen LogP contribution is 2.29. The molecule has 146 valence electrons. The zero-order valence-corrected chi connectivity index (χ0v) is 15.9. The number of hydrogen-bond acceptors (Lipinski definition) is 6. The number of anilines is 1. The van der Waals surface area contributed by atoms with Crippen LogP contribution in [-0.2, 0) is 0 Å². The van der Waals surface area contributed by atoms with Crippen LogP contribution in [0.5, 0.6) is 5.75 Å². The molecule has 0 saturated carbocycles. The van der Waals surface area contributed by atoms with E-state index in [0.29, 0.717) is 41.1 Å². The molecule has 2 rings (SSSR count). The molecule has 1 amide bonds. The number of nitrogens with one attached hydrogen (secondary N) is 3. The van der Waals surface area contributed by atoms with E-state index in [2.05, 4.69) is 16.0 Å². The molecule has 0 bridgehead atoms. The van der Waals surface area contributed by atoms with Crippen LogP contribution < -0.4 is 26.4 Å². The van der Waals surface area contributed by atoms with Crippen molar-refractivity contribution in [3.8, 4) is 5.75 Å². The van der Waals surface area contributed by atoms with E-state index in [4.69, 9.17) is 22.1 Å². The number of aliphatic hydroxyl groups excluding tert-OH is 1. The summed E-state index contributed by atoms with van der Waals surface area (Å²) in [5, 5.41) is 19.7. The van der Waals surface area contributed by atoms with Crippen molar-refractivity contribution in [3.05, 3.63) is 22.7 Å². The molecule has 1 saturated heterocycles. The van der Waals surface area contributed by atoms with Gasteiger partial charge in [0.1, 0.15) is 5.75 Å². The minimum absolute atomic E-state index is 0.144. The minimum atomic E-state index is -0.666. The number of benzene rings is 1. The highest BCUT2D eigenvalue weighted by molar-refractivity contribution is 6.33. The second kappa shape index (κ2) is 10.6. The Morgan fingerprint density at radius 3 is 2.85 bits per heavy atom. The first-order chi connectivity index (χ1) is 12.5. The van der Waals surface area contributed by atoms with Crippen molar-refractivity contribution >= 4 is 23.2 Å². The van der Waals surface area contributed by atoms with Gasteiger partial charge in [0.2, 0.25) is 0 Å². The molecule has 6 N–H and O–H groups in total. The topological polar surface area (TPSA) is 109 Å². The Morgan fingerprint density at radius 1 is 1.42 bits per heavy atom. The minimum Gasteiger partial charge on any atom is -0.493 e. The number of aliphatic hydroxyl groups is 1. The fraction of sp³-hybridized carbons (Fsp3) is 0.611. The SMILES string of the molecule is CCOc1cc(N)c(Cl)cc1C(=O)NCC(O)CNCC1CCNCC1. The number of ether oxygens (including phenoxy) is 1. The Morgan fingerprint density at radius 2 is 2.15 bits per heavy atom. The van der Waals surface area contributed by atoms with Crippen LogP contribution in [0, 0.1) is 5.92 Å². The molecule has 1 aliphatic heterocycles. The molecule has 0 aliphatic carbocycles. The number of piperidine rings is 1. The number of rotatable bonds is 9. The molecule has 1 fully saturated rings. The highest BCUT2D eigenvalue weighted by Gasteiger charge is 2.17. The van der Waals surface area contributed by atoms with Gasteiger partial charge in [0, 0.05) is 19.2 Å². The number of carbonyl (C=O) groups excluding carboxylic acids is 1. The third kappa shape index (κ3) is 6.32. The van der Waals surface area contributed by atoms with Crippen LogP contribution >= 0.6 is 11.6 Å². The van der Waals surface area contributed by atoms with Gasteiger partial charge in [-0.3, -0.25) is 4.79 Å². The van der Waals surface area contributed by atoms with Crippen LogP contribution in [0.15, 0.2) is 12.1 Å². The first kappa shape index (κ1) is 20.8. The van der Waals surface area contributed by atoms with Crippen LogP contribution in [-0.4, -0.2) is 56.4 Å². The quantitative estimate of drug-likeness (QED) is 0.406. The Bertz CT molecular complexity index is 594. The molecule has 0 radical (unpaired) electrons. The Labute approximate surface area is 159 Å². The van der Waals surface area contributed by atoms with Crippen molar-refractivity contribution in [2.24, 2.45) is 5.92 Å². The average Bonchev–Trinajstić information content (AvgIpc) is 2.63. The van der Waals surface area contributed by atoms with Gasteiger partial charge in [0.25, 0.3) is 5.91 Å². The monoisotopic (exact) mass is 384 g/mol. The van der Waals surface area contributed by atoms with E-state index in [0.717, 1.165) is 32.5 Å². The molecular formula is C18H29ClN4O3. The molecule has 1 aromatic rings. The van der Waals surface area contributed by atoms with Gasteiger partial charge in [-0.15, -0.1) is 0 Å². The van der Waals surface area contributed by atoms with E-state index >= 15 is 0 Å². The smallest absolute Gasteiger partial charge is 0.255 e. The first-order valence-corrected chi connectivity index (χ1v) is 9.48. The number of hydrogen-bond donors (Lipinski definition) is 5. The average molecular weight is 385 g/mol. The van der Waals surface area contributed by atoms with Crippen molar-refractivity contribution in [2.45, 2.75) is 25.9 Å². The predicted octanol–water partition coefficient (Wildman–Crippen LogP) is 1.00. The lowest BCUT2D eigenvalue weighted by atomic mass is 9.98. The zero-order chi connectivity index (χ0) is 18.9. The lowest BCUT2D eigenvalue weighted by Crippen LogP contribution is -2.40. The molecule has 26 heavy (non-hydrogen) atoms. The summed E-state index contributed by atoms with van der Waals surface area (Å²) in [5.74, 6) is 0.668. The fourth-order valence-corrected chi connectivity index (χ4v) is 3.10. The first-order valence-electron chi connectivity index (χ1n) is 9.10. The second-order valence-electron chi connectivity index (χ2n) is 6.52. The summed E-state index contributed by atoms with van der Waals surface area (Å²) in [4.78, 5) is 12.4. The standard InChI is InChI=1S/C18H29ClN4O3/c1-2-26-17-8-16(20)15(19)7-14(17)18(25)23-11-13(24)10-22-9-12-3-5-21-6-4-12/h7-8,12-13,21-22,24H,2-6,9-11,20H2,1H3,(H,23,25). The van der Waals surface area contributed by atoms with Gasteiger partial charge in [-0.05, 0) is 51.4 Å². The van der Waals surface area contributed by atoms with E-state index in [1.54, 1.807) is 0 Å². The summed E-state index contributed by atoms with van der Waals surface area (Å²) in [5.41, 5.74) is 6.42. The van der Waals surface area contributed by atoms with Crippen LogP contribution in [0.4, 0.5) is 5.69 Å². The van der Waals surface area contributed by atoms with Gasteiger partial charge in [-0.1, -0.05) is 11.6 Å². The summed E-state index contributed by atoms with van der Waals surface area (Å²) >= 11 is 6.01. The van der Waals surface area contributed by atoms with Gasteiger partial charge >= 0.3 is 0 Å². The molecule has 1 aliphatic rings. The molecule has 8 heteroatoms. The summed E-state index contributed by atoms with van der Waals surface area (Å²) in [6, 6.07) is 3.02. The summed E-state index contributed by atoms with van der Waals surface area (Å²) in [6.45, 7) is 5.80. The van der Waals surface area contributed by atoms with Crippen molar-refractivity contribution in [2.75, 3.05) is 45.1 Å². The van der Waals surface area contributed by atoms with E-state index in [1.807, 2.05) is 6.92 Å². The molecule has 1 atom stereocenters. The molecule has 1 unspecified atom stereocenters. The number of carbonyl (C=O) groups is 1. The van der Waals surface area contributed by atoms with E-state index < -0.39 is 6.10 Å². The number of nitrogen functional groups attached to an aromatic ring is 1. The fourth-order valence-electron chi connectivity index (χ4n) is 2.94. The van der Waals surface area contributed by atoms with Crippen LogP contribution in [0.3, 0.4) is 0 Å². The van der Waals surface area contributed by atoms with Gasteiger partial charge in [-0.25, -0.2) is 0 Å². The van der Waals surface area contributed by atoms with Gasteiger partial charge in [0.05, 0.1) is 29.0 Å². The maximum absolute atomic E-state index is 12.4. The number of amides is 1. The van der Waals surface area contributed by atoms with Crippen LogP contribution in [0.1, 0.15) is 30.1 Å². The molecule has 1 aromatic carbocycles. The Kier molecular flexibility index (Phi) is 8.44. The second-order valence-corrected chi connectivity index (χ2v) is 6.93. The van der Waals surface area contributed by atoms with E-state index in [9.17, 15) is 9.90 Å². The maximum Gasteiger partial charge on any atom is 0.255 e. The highest BCUT2D eigenvalue weighted by atomic mass is 35.5. The van der Waals surface area contributed by atoms with Gasteiger partial charge in [0.15, 0.2) is 0 Å². The van der Waals surface area contributed by atoms with Crippen molar-refractivity contribution in [1.29, 1.82) is 0 Å². The maximum atomic E-state index is 12.4. The Hall–Kier alpha value is -1.54. The van der Waals surface area contributed by atoms with Crippen molar-refractivity contribution in [1.82, 2.24) is 16.0 Å². The molecule has 7 nitrogen and oxygen atoms in total. The zero-order valence-electron chi connectivity index (χ0n) is 15.2.